The second-order valence-electron chi connectivity index (χ2n) is 4.07. The third kappa shape index (κ3) is 3.24. The molecule has 0 fully saturated rings. The molecule has 1 rings (SSSR count). The number of aromatic hydroxyl groups is 1. The molecule has 0 heterocycles. The van der Waals surface area contributed by atoms with Crippen molar-refractivity contribution >= 4 is 11.6 Å². The number of nitrogens with zero attached hydrogens (tertiary/aromatic N) is 2. The number of rotatable bonds is 5. The number of benzene rings is 1. The number of carbonyl (C=O) groups excluding carboxylic acids is 1. The van der Waals surface area contributed by atoms with E-state index >= 15 is 0 Å². The average Bonchev–Trinajstić information content (AvgIpc) is 2.36. The van der Waals surface area contributed by atoms with Gasteiger partial charge in [-0.3, -0.25) is 4.79 Å². The summed E-state index contributed by atoms with van der Waals surface area (Å²) in [5.41, 5.74) is 0.624. The van der Waals surface area contributed by atoms with Crippen LogP contribution in [0.4, 0.5) is 5.69 Å². The average molecular weight is 246 g/mol. The number of phenolic OH excluding ortho intramolecular Hbond substituents is 1. The van der Waals surface area contributed by atoms with Crippen LogP contribution in [0.3, 0.4) is 0 Å². The van der Waals surface area contributed by atoms with Gasteiger partial charge in [0, 0.05) is 18.3 Å². The highest BCUT2D eigenvalue weighted by Gasteiger charge is 2.23. The topological polar surface area (TPSA) is 64.3 Å². The number of phenols is 1. The molecule has 1 atom stereocenters. The fraction of sp³-hybridized carbons (Fsp3) is 0.429. The third-order valence-corrected chi connectivity index (χ3v) is 2.75. The van der Waals surface area contributed by atoms with Crippen molar-refractivity contribution in [2.75, 3.05) is 11.4 Å². The van der Waals surface area contributed by atoms with E-state index in [0.29, 0.717) is 18.7 Å². The lowest BCUT2D eigenvalue weighted by atomic mass is 10.0. The van der Waals surface area contributed by atoms with Gasteiger partial charge >= 0.3 is 0 Å². The van der Waals surface area contributed by atoms with Gasteiger partial charge in [0.1, 0.15) is 11.7 Å². The summed E-state index contributed by atoms with van der Waals surface area (Å²) >= 11 is 0. The zero-order chi connectivity index (χ0) is 13.5. The van der Waals surface area contributed by atoms with Gasteiger partial charge in [0.15, 0.2) is 0 Å². The number of hydrogen-bond acceptors (Lipinski definition) is 3. The second-order valence-corrected chi connectivity index (χ2v) is 4.07. The van der Waals surface area contributed by atoms with Crippen LogP contribution in [0.15, 0.2) is 24.3 Å². The first-order chi connectivity index (χ1) is 8.63. The molecule has 1 N–H and O–H groups in total. The summed E-state index contributed by atoms with van der Waals surface area (Å²) in [6, 6.07) is 8.56. The Kier molecular flexibility index (Phi) is 5.19. The van der Waals surface area contributed by atoms with E-state index in [2.05, 4.69) is 0 Å². The van der Waals surface area contributed by atoms with Crippen LogP contribution in [0.5, 0.6) is 5.75 Å². The van der Waals surface area contributed by atoms with Crippen LogP contribution in [0.25, 0.3) is 0 Å². The lowest BCUT2D eigenvalue weighted by Gasteiger charge is -2.23. The lowest BCUT2D eigenvalue weighted by Crippen LogP contribution is -2.35. The Labute approximate surface area is 107 Å². The highest BCUT2D eigenvalue weighted by atomic mass is 16.3. The first-order valence-corrected chi connectivity index (χ1v) is 6.14. The molecule has 0 aliphatic carbocycles. The molecule has 0 aliphatic heterocycles. The zero-order valence-corrected chi connectivity index (χ0v) is 10.8. The van der Waals surface area contributed by atoms with Gasteiger partial charge in [0.05, 0.1) is 6.07 Å². The highest BCUT2D eigenvalue weighted by molar-refractivity contribution is 5.96. The van der Waals surface area contributed by atoms with Gasteiger partial charge in [-0.05, 0) is 25.5 Å². The van der Waals surface area contributed by atoms with Crippen LogP contribution in [-0.2, 0) is 4.79 Å². The number of anilines is 1. The summed E-state index contributed by atoms with van der Waals surface area (Å²) in [5, 5.41) is 18.5. The normalized spacial score (nSPS) is 11.6. The summed E-state index contributed by atoms with van der Waals surface area (Å²) in [6.07, 6.45) is 1.35. The van der Waals surface area contributed by atoms with E-state index in [9.17, 15) is 9.90 Å². The third-order valence-electron chi connectivity index (χ3n) is 2.75. The highest BCUT2D eigenvalue weighted by Crippen LogP contribution is 2.22. The van der Waals surface area contributed by atoms with E-state index in [1.54, 1.807) is 18.2 Å². The fourth-order valence-electron chi connectivity index (χ4n) is 1.85. The van der Waals surface area contributed by atoms with Crippen molar-refractivity contribution < 1.29 is 9.90 Å². The molecule has 96 valence electrons. The molecule has 1 aromatic rings. The van der Waals surface area contributed by atoms with E-state index in [4.69, 9.17) is 5.26 Å². The molecule has 0 radical (unpaired) electrons. The van der Waals surface area contributed by atoms with Crippen molar-refractivity contribution in [3.05, 3.63) is 24.3 Å². The van der Waals surface area contributed by atoms with Crippen LogP contribution in [0.1, 0.15) is 26.7 Å². The second kappa shape index (κ2) is 6.65. The quantitative estimate of drug-likeness (QED) is 0.868. The van der Waals surface area contributed by atoms with Crippen molar-refractivity contribution in [1.29, 1.82) is 5.26 Å². The van der Waals surface area contributed by atoms with Gasteiger partial charge in [-0.25, -0.2) is 0 Å². The SMILES string of the molecule is CCCC(C#N)C(=O)N(CC)c1cccc(O)c1. The Morgan fingerprint density at radius 1 is 1.50 bits per heavy atom. The van der Waals surface area contributed by atoms with Crippen LogP contribution in [0, 0.1) is 17.2 Å². The molecule has 0 saturated heterocycles. The van der Waals surface area contributed by atoms with Crippen LogP contribution < -0.4 is 4.90 Å². The summed E-state index contributed by atoms with van der Waals surface area (Å²) in [4.78, 5) is 13.8. The predicted molar refractivity (Wildman–Crippen MR) is 70.1 cm³/mol. The number of hydrogen-bond donors (Lipinski definition) is 1. The zero-order valence-electron chi connectivity index (χ0n) is 10.8. The van der Waals surface area contributed by atoms with Crippen molar-refractivity contribution in [1.82, 2.24) is 0 Å². The maximum Gasteiger partial charge on any atom is 0.244 e. The molecule has 0 aromatic heterocycles. The minimum Gasteiger partial charge on any atom is -0.508 e. The molecule has 18 heavy (non-hydrogen) atoms. The largest absolute Gasteiger partial charge is 0.508 e. The maximum atomic E-state index is 12.2. The monoisotopic (exact) mass is 246 g/mol. The van der Waals surface area contributed by atoms with Crippen molar-refractivity contribution in [3.63, 3.8) is 0 Å². The molecular formula is C14H18N2O2. The molecule has 1 unspecified atom stereocenters. The van der Waals surface area contributed by atoms with Gasteiger partial charge in [0.2, 0.25) is 5.91 Å². The summed E-state index contributed by atoms with van der Waals surface area (Å²) < 4.78 is 0. The summed E-state index contributed by atoms with van der Waals surface area (Å²) in [6.45, 7) is 4.27. The van der Waals surface area contributed by atoms with Gasteiger partial charge in [0.25, 0.3) is 0 Å². The Morgan fingerprint density at radius 2 is 2.22 bits per heavy atom. The standard InChI is InChI=1S/C14H18N2O2/c1-3-6-11(10-15)14(18)16(4-2)12-7-5-8-13(17)9-12/h5,7-9,11,17H,3-4,6H2,1-2H3. The van der Waals surface area contributed by atoms with E-state index in [-0.39, 0.29) is 11.7 Å². The Balaban J connectivity index is 2.96. The molecule has 4 nitrogen and oxygen atoms in total. The molecule has 1 amide bonds. The minimum atomic E-state index is -0.614. The van der Waals surface area contributed by atoms with Gasteiger partial charge in [-0.2, -0.15) is 5.26 Å². The van der Waals surface area contributed by atoms with Crippen molar-refractivity contribution in [2.45, 2.75) is 26.7 Å². The maximum absolute atomic E-state index is 12.2. The molecular weight excluding hydrogens is 228 g/mol. The molecule has 4 heteroatoms. The summed E-state index contributed by atoms with van der Waals surface area (Å²) in [7, 11) is 0. The van der Waals surface area contributed by atoms with Gasteiger partial charge < -0.3 is 10.0 Å². The Bertz CT molecular complexity index is 451. The lowest BCUT2D eigenvalue weighted by molar-refractivity contribution is -0.120. The Hall–Kier alpha value is -2.02. The van der Waals surface area contributed by atoms with E-state index < -0.39 is 5.92 Å². The minimum absolute atomic E-state index is 0.114. The van der Waals surface area contributed by atoms with Gasteiger partial charge in [-0.15, -0.1) is 0 Å². The number of nitriles is 1. The molecule has 0 aliphatic rings. The van der Waals surface area contributed by atoms with Crippen LogP contribution in [0.2, 0.25) is 0 Å². The molecule has 0 saturated carbocycles. The number of carbonyl (C=O) groups is 1. The van der Waals surface area contributed by atoms with Crippen LogP contribution >= 0.6 is 0 Å². The van der Waals surface area contributed by atoms with Crippen molar-refractivity contribution in [2.24, 2.45) is 5.92 Å². The number of amides is 1. The smallest absolute Gasteiger partial charge is 0.244 e. The molecule has 0 bridgehead atoms. The molecule has 0 spiro atoms. The van der Waals surface area contributed by atoms with Crippen LogP contribution in [-0.4, -0.2) is 17.6 Å². The summed E-state index contributed by atoms with van der Waals surface area (Å²) in [5.74, 6) is -0.701. The van der Waals surface area contributed by atoms with E-state index in [1.165, 1.54) is 11.0 Å². The fourth-order valence-corrected chi connectivity index (χ4v) is 1.85. The first-order valence-electron chi connectivity index (χ1n) is 6.14. The molecule has 1 aromatic carbocycles. The van der Waals surface area contributed by atoms with Crippen molar-refractivity contribution in [3.8, 4) is 11.8 Å². The van der Waals surface area contributed by atoms with E-state index in [0.717, 1.165) is 6.42 Å². The predicted octanol–water partition coefficient (Wildman–Crippen LogP) is 2.68. The Morgan fingerprint density at radius 3 is 2.72 bits per heavy atom. The van der Waals surface area contributed by atoms with E-state index in [1.807, 2.05) is 19.9 Å². The van der Waals surface area contributed by atoms with Gasteiger partial charge in [-0.1, -0.05) is 19.4 Å². The first kappa shape index (κ1) is 14.0.